The molecule has 3 heterocycles. The molecule has 1 unspecified atom stereocenters. The molecule has 1 atom stereocenters. The summed E-state index contributed by atoms with van der Waals surface area (Å²) >= 11 is 0.782. The Hall–Kier alpha value is -3.14. The zero-order valence-electron chi connectivity index (χ0n) is 19.0. The summed E-state index contributed by atoms with van der Waals surface area (Å²) < 4.78 is 78.5. The SMILES string of the molecule is CC(c1cccc2c1CN(S(C)(=O)=O)CC2)n1c(=O)oc2cc(S(=O)(=O)Nc3ncns3)c(F)cc21. The van der Waals surface area contributed by atoms with Crippen molar-refractivity contribution in [3.63, 3.8) is 0 Å². The van der Waals surface area contributed by atoms with Crippen LogP contribution in [0, 0.1) is 5.82 Å². The van der Waals surface area contributed by atoms with E-state index in [1.54, 1.807) is 13.0 Å². The molecule has 0 saturated carbocycles. The Balaban J connectivity index is 1.58. The average molecular weight is 554 g/mol. The van der Waals surface area contributed by atoms with Crippen LogP contribution in [-0.4, -0.2) is 47.9 Å². The summed E-state index contributed by atoms with van der Waals surface area (Å²) in [7, 11) is -7.79. The van der Waals surface area contributed by atoms with E-state index in [0.29, 0.717) is 18.5 Å². The number of rotatable bonds is 6. The van der Waals surface area contributed by atoms with Crippen molar-refractivity contribution in [1.82, 2.24) is 18.2 Å². The molecule has 1 aliphatic rings. The minimum absolute atomic E-state index is 0.0425. The Kier molecular flexibility index (Phi) is 5.97. The molecule has 11 nitrogen and oxygen atoms in total. The molecule has 0 aliphatic carbocycles. The smallest absolute Gasteiger partial charge is 0.408 e. The van der Waals surface area contributed by atoms with Crippen LogP contribution in [0.3, 0.4) is 0 Å². The molecular formula is C21H20FN5O6S3. The van der Waals surface area contributed by atoms with Gasteiger partial charge in [0.1, 0.15) is 17.0 Å². The Morgan fingerprint density at radius 3 is 2.69 bits per heavy atom. The highest BCUT2D eigenvalue weighted by Gasteiger charge is 2.29. The Morgan fingerprint density at radius 1 is 1.22 bits per heavy atom. The number of oxazole rings is 1. The van der Waals surface area contributed by atoms with E-state index in [4.69, 9.17) is 4.42 Å². The predicted molar refractivity (Wildman–Crippen MR) is 130 cm³/mol. The maximum atomic E-state index is 15.1. The summed E-state index contributed by atoms with van der Waals surface area (Å²) in [5, 5.41) is -0.0425. The van der Waals surface area contributed by atoms with Gasteiger partial charge in [-0.15, -0.1) is 0 Å². The number of anilines is 1. The van der Waals surface area contributed by atoms with Crippen molar-refractivity contribution >= 4 is 47.8 Å². The first kappa shape index (κ1) is 24.5. The number of hydrogen-bond donors (Lipinski definition) is 1. The zero-order chi connectivity index (χ0) is 25.8. The monoisotopic (exact) mass is 553 g/mol. The van der Waals surface area contributed by atoms with Crippen LogP contribution in [0.25, 0.3) is 11.1 Å². The van der Waals surface area contributed by atoms with Gasteiger partial charge in [-0.2, -0.15) is 8.68 Å². The van der Waals surface area contributed by atoms with Crippen LogP contribution in [0.5, 0.6) is 0 Å². The summed E-state index contributed by atoms with van der Waals surface area (Å²) in [5.74, 6) is -1.89. The van der Waals surface area contributed by atoms with Crippen LogP contribution in [0.15, 0.2) is 50.8 Å². The van der Waals surface area contributed by atoms with Gasteiger partial charge in [-0.25, -0.2) is 31.0 Å². The minimum Gasteiger partial charge on any atom is -0.408 e. The van der Waals surface area contributed by atoms with E-state index >= 15 is 4.39 Å². The fourth-order valence-electron chi connectivity index (χ4n) is 4.39. The first-order valence-electron chi connectivity index (χ1n) is 10.7. The molecule has 2 aromatic heterocycles. The third-order valence-corrected chi connectivity index (χ3v) is 9.43. The van der Waals surface area contributed by atoms with Crippen LogP contribution in [-0.2, 0) is 33.0 Å². The number of benzene rings is 2. The van der Waals surface area contributed by atoms with Crippen LogP contribution in [0.2, 0.25) is 0 Å². The molecule has 0 saturated heterocycles. The van der Waals surface area contributed by atoms with E-state index in [1.807, 2.05) is 12.1 Å². The molecule has 0 fully saturated rings. The largest absolute Gasteiger partial charge is 0.420 e. The third kappa shape index (κ3) is 4.31. The lowest BCUT2D eigenvalue weighted by Gasteiger charge is -2.30. The highest BCUT2D eigenvalue weighted by Crippen LogP contribution is 2.32. The van der Waals surface area contributed by atoms with E-state index in [0.717, 1.165) is 47.4 Å². The highest BCUT2D eigenvalue weighted by atomic mass is 32.2. The number of nitrogens with one attached hydrogen (secondary N) is 1. The summed E-state index contributed by atoms with van der Waals surface area (Å²) in [6.45, 7) is 2.21. The molecule has 1 aliphatic heterocycles. The third-order valence-electron chi connectivity index (χ3n) is 6.12. The van der Waals surface area contributed by atoms with Crippen molar-refractivity contribution in [2.24, 2.45) is 0 Å². The van der Waals surface area contributed by atoms with Gasteiger partial charge in [0.15, 0.2) is 5.58 Å². The van der Waals surface area contributed by atoms with Gasteiger partial charge in [0.25, 0.3) is 10.0 Å². The Bertz CT molecular complexity index is 1750. The molecule has 0 radical (unpaired) electrons. The summed E-state index contributed by atoms with van der Waals surface area (Å²) in [4.78, 5) is 15.9. The van der Waals surface area contributed by atoms with E-state index in [9.17, 15) is 21.6 Å². The molecule has 0 amide bonds. The predicted octanol–water partition coefficient (Wildman–Crippen LogP) is 2.31. The number of fused-ring (bicyclic) bond motifs is 2. The molecule has 4 aromatic rings. The Morgan fingerprint density at radius 2 is 2.00 bits per heavy atom. The van der Waals surface area contributed by atoms with E-state index in [-0.39, 0.29) is 22.8 Å². The van der Waals surface area contributed by atoms with Crippen molar-refractivity contribution in [2.45, 2.75) is 30.8 Å². The molecule has 1 N–H and O–H groups in total. The lowest BCUT2D eigenvalue weighted by Crippen LogP contribution is -2.36. The summed E-state index contributed by atoms with van der Waals surface area (Å²) in [6.07, 6.45) is 2.81. The fraction of sp³-hybridized carbons (Fsp3) is 0.286. The van der Waals surface area contributed by atoms with Gasteiger partial charge in [0, 0.05) is 36.8 Å². The van der Waals surface area contributed by atoms with E-state index < -0.39 is 42.6 Å². The minimum atomic E-state index is -4.36. The quantitative estimate of drug-likeness (QED) is 0.383. The number of sulfonamides is 2. The molecule has 15 heteroatoms. The molecule has 5 rings (SSSR count). The van der Waals surface area contributed by atoms with Gasteiger partial charge in [0.2, 0.25) is 15.2 Å². The second-order valence-electron chi connectivity index (χ2n) is 8.35. The van der Waals surface area contributed by atoms with Crippen LogP contribution in [0.4, 0.5) is 9.52 Å². The lowest BCUT2D eigenvalue weighted by molar-refractivity contribution is 0.390. The fourth-order valence-corrected chi connectivity index (χ4v) is 6.92. The first-order valence-corrected chi connectivity index (χ1v) is 14.8. The normalized spacial score (nSPS) is 15.6. The van der Waals surface area contributed by atoms with Gasteiger partial charge < -0.3 is 4.42 Å². The van der Waals surface area contributed by atoms with E-state index in [2.05, 4.69) is 14.1 Å². The number of halogens is 1. The van der Waals surface area contributed by atoms with Gasteiger partial charge >= 0.3 is 5.76 Å². The summed E-state index contributed by atoms with van der Waals surface area (Å²) in [6, 6.07) is 6.73. The molecule has 2 aromatic carbocycles. The maximum Gasteiger partial charge on any atom is 0.420 e. The van der Waals surface area contributed by atoms with Crippen LogP contribution in [0.1, 0.15) is 29.7 Å². The van der Waals surface area contributed by atoms with Crippen LogP contribution < -0.4 is 10.5 Å². The van der Waals surface area contributed by atoms with Gasteiger partial charge in [-0.05, 0) is 30.0 Å². The van der Waals surface area contributed by atoms with Crippen molar-refractivity contribution in [3.8, 4) is 0 Å². The highest BCUT2D eigenvalue weighted by molar-refractivity contribution is 7.93. The zero-order valence-corrected chi connectivity index (χ0v) is 21.5. The average Bonchev–Trinajstić information content (AvgIpc) is 3.42. The van der Waals surface area contributed by atoms with Gasteiger partial charge in [-0.3, -0.25) is 9.29 Å². The maximum absolute atomic E-state index is 15.1. The molecule has 36 heavy (non-hydrogen) atoms. The standard InChI is InChI=1S/C21H20FN5O6S3/c1-12(14-5-3-4-13-6-7-26(10-15(13)14)35(2,29)30)27-17-8-16(22)19(9-18(17)33-21(27)28)36(31,32)25-20-23-11-24-34-20/h3-5,8-9,11-12H,6-7,10H2,1-2H3,(H,23,24,25). The number of nitrogens with zero attached hydrogens (tertiary/aromatic N) is 4. The summed E-state index contributed by atoms with van der Waals surface area (Å²) in [5.41, 5.74) is 2.36. The second-order valence-corrected chi connectivity index (χ2v) is 12.8. The molecular weight excluding hydrogens is 533 g/mol. The van der Waals surface area contributed by atoms with Crippen molar-refractivity contribution < 1.29 is 25.6 Å². The van der Waals surface area contributed by atoms with Crippen molar-refractivity contribution in [2.75, 3.05) is 17.5 Å². The number of hydrogen-bond acceptors (Lipinski definition) is 9. The number of aromatic nitrogens is 3. The van der Waals surface area contributed by atoms with Gasteiger partial charge in [0.05, 0.1) is 17.8 Å². The lowest BCUT2D eigenvalue weighted by atomic mass is 9.92. The second kappa shape index (κ2) is 8.76. The Labute approximate surface area is 209 Å². The molecule has 0 spiro atoms. The topological polar surface area (TPSA) is 144 Å². The first-order chi connectivity index (χ1) is 17.0. The van der Waals surface area contributed by atoms with Crippen LogP contribution >= 0.6 is 11.5 Å². The molecule has 0 bridgehead atoms. The van der Waals surface area contributed by atoms with Gasteiger partial charge in [-0.1, -0.05) is 18.2 Å². The van der Waals surface area contributed by atoms with E-state index in [1.165, 1.54) is 8.87 Å². The van der Waals surface area contributed by atoms with Crippen molar-refractivity contribution in [3.05, 3.63) is 69.7 Å². The van der Waals surface area contributed by atoms with Crippen molar-refractivity contribution in [1.29, 1.82) is 0 Å². The molecule has 190 valence electrons.